The van der Waals surface area contributed by atoms with E-state index in [4.69, 9.17) is 9.72 Å². The first-order valence-electron chi connectivity index (χ1n) is 12.1. The molecular weight excluding hydrogens is 492 g/mol. The van der Waals surface area contributed by atoms with Crippen LogP contribution in [0.25, 0.3) is 22.8 Å². The van der Waals surface area contributed by atoms with Crippen molar-refractivity contribution in [2.24, 2.45) is 0 Å². The second kappa shape index (κ2) is 11.8. The van der Waals surface area contributed by atoms with Gasteiger partial charge in [-0.25, -0.2) is 23.1 Å². The average Bonchev–Trinajstić information content (AvgIpc) is 3.51. The highest BCUT2D eigenvalue weighted by molar-refractivity contribution is 7.89. The first kappa shape index (κ1) is 26.1. The summed E-state index contributed by atoms with van der Waals surface area (Å²) < 4.78 is 33.8. The molecule has 0 bridgehead atoms. The maximum absolute atomic E-state index is 12.9. The van der Waals surface area contributed by atoms with E-state index in [0.29, 0.717) is 12.2 Å². The number of H-pyrrole nitrogens is 1. The third kappa shape index (κ3) is 6.40. The van der Waals surface area contributed by atoms with E-state index in [1.807, 2.05) is 48.7 Å². The zero-order valence-electron chi connectivity index (χ0n) is 20.9. The second-order valence-corrected chi connectivity index (χ2v) is 11.5. The van der Waals surface area contributed by atoms with Crippen LogP contribution >= 0.6 is 11.3 Å². The van der Waals surface area contributed by atoms with E-state index in [-0.39, 0.29) is 11.4 Å². The molecule has 4 rings (SSSR count). The van der Waals surface area contributed by atoms with Gasteiger partial charge in [-0.05, 0) is 61.7 Å². The van der Waals surface area contributed by atoms with E-state index in [2.05, 4.69) is 21.6 Å². The van der Waals surface area contributed by atoms with E-state index in [1.54, 1.807) is 30.6 Å². The molecule has 0 saturated carbocycles. The summed E-state index contributed by atoms with van der Waals surface area (Å²) in [5.41, 5.74) is 4.47. The van der Waals surface area contributed by atoms with E-state index in [9.17, 15) is 8.42 Å². The molecule has 0 amide bonds. The molecule has 0 saturated heterocycles. The van der Waals surface area contributed by atoms with Gasteiger partial charge in [0.1, 0.15) is 11.4 Å². The summed E-state index contributed by atoms with van der Waals surface area (Å²) in [4.78, 5) is 13.0. The lowest BCUT2D eigenvalue weighted by Crippen LogP contribution is -2.26. The van der Waals surface area contributed by atoms with Crippen LogP contribution in [0, 0.1) is 6.92 Å². The van der Waals surface area contributed by atoms with Crippen LogP contribution in [-0.4, -0.2) is 37.0 Å². The molecule has 0 aliphatic rings. The predicted octanol–water partition coefficient (Wildman–Crippen LogP) is 5.77. The zero-order chi connectivity index (χ0) is 25.5. The van der Waals surface area contributed by atoms with Crippen LogP contribution in [-0.2, 0) is 22.9 Å². The van der Waals surface area contributed by atoms with Crippen molar-refractivity contribution in [1.29, 1.82) is 0 Å². The van der Waals surface area contributed by atoms with Crippen LogP contribution in [0.15, 0.2) is 58.8 Å². The number of thiazole rings is 1. The van der Waals surface area contributed by atoms with Gasteiger partial charge in [0, 0.05) is 29.6 Å². The Labute approximate surface area is 217 Å². The molecular formula is C27H32N4O3S2. The minimum atomic E-state index is -3.61. The number of benzene rings is 2. The highest BCUT2D eigenvalue weighted by Crippen LogP contribution is 2.28. The van der Waals surface area contributed by atoms with Gasteiger partial charge in [0.15, 0.2) is 5.82 Å². The van der Waals surface area contributed by atoms with Gasteiger partial charge in [-0.3, -0.25) is 0 Å². The Kier molecular flexibility index (Phi) is 8.56. The fourth-order valence-electron chi connectivity index (χ4n) is 3.98. The van der Waals surface area contributed by atoms with Crippen LogP contribution in [0.5, 0.6) is 5.75 Å². The molecule has 2 aromatic heterocycles. The summed E-state index contributed by atoms with van der Waals surface area (Å²) in [5.74, 6) is 1.43. The van der Waals surface area contributed by atoms with E-state index < -0.39 is 10.0 Å². The molecule has 7 nitrogen and oxygen atoms in total. The topological polar surface area (TPSA) is 97.0 Å². The molecule has 2 N–H and O–H groups in total. The number of methoxy groups -OCH3 is 1. The van der Waals surface area contributed by atoms with Gasteiger partial charge in [-0.2, -0.15) is 0 Å². The van der Waals surface area contributed by atoms with Crippen molar-refractivity contribution >= 4 is 21.4 Å². The average molecular weight is 525 g/mol. The van der Waals surface area contributed by atoms with Gasteiger partial charge < -0.3 is 9.72 Å². The number of aromatic nitrogens is 3. The molecule has 0 radical (unpaired) electrons. The van der Waals surface area contributed by atoms with Crippen molar-refractivity contribution in [1.82, 2.24) is 19.7 Å². The smallest absolute Gasteiger partial charge is 0.240 e. The summed E-state index contributed by atoms with van der Waals surface area (Å²) in [6, 6.07) is 14.8. The van der Waals surface area contributed by atoms with Gasteiger partial charge in [0.25, 0.3) is 0 Å². The molecule has 9 heteroatoms. The van der Waals surface area contributed by atoms with Crippen molar-refractivity contribution < 1.29 is 13.2 Å². The lowest BCUT2D eigenvalue weighted by atomic mass is 10.1. The van der Waals surface area contributed by atoms with E-state index in [0.717, 1.165) is 58.2 Å². The standard InChI is InChI=1S/C27H32N4O3S2/c1-4-5-6-7-20-8-14-23(15-9-20)36(32,33)28-17-16-24-26(21-10-12-22(34-3)13-11-21)31-27(30-24)25-18-35-19(2)29-25/h8-15,18,28H,4-7,16-17H2,1-3H3,(H,30,31). The molecule has 0 aliphatic carbocycles. The summed E-state index contributed by atoms with van der Waals surface area (Å²) in [6.45, 7) is 4.36. The quantitative estimate of drug-likeness (QED) is 0.229. The third-order valence-electron chi connectivity index (χ3n) is 5.97. The molecule has 0 spiro atoms. The number of ether oxygens (including phenoxy) is 1. The van der Waals surface area contributed by atoms with Crippen molar-refractivity contribution in [2.45, 2.75) is 50.8 Å². The summed E-state index contributed by atoms with van der Waals surface area (Å²) >= 11 is 1.56. The van der Waals surface area contributed by atoms with Crippen LogP contribution in [0.3, 0.4) is 0 Å². The van der Waals surface area contributed by atoms with Gasteiger partial charge in [0.2, 0.25) is 10.0 Å². The van der Waals surface area contributed by atoms with Crippen LogP contribution in [0.4, 0.5) is 0 Å². The van der Waals surface area contributed by atoms with Crippen LogP contribution in [0.1, 0.15) is 42.5 Å². The number of nitrogens with one attached hydrogen (secondary N) is 2. The van der Waals surface area contributed by atoms with Gasteiger partial charge in [0.05, 0.1) is 22.7 Å². The lowest BCUT2D eigenvalue weighted by molar-refractivity contribution is 0.415. The molecule has 2 heterocycles. The van der Waals surface area contributed by atoms with Crippen molar-refractivity contribution in [3.63, 3.8) is 0 Å². The third-order valence-corrected chi connectivity index (χ3v) is 8.22. The van der Waals surface area contributed by atoms with Gasteiger partial charge in [-0.15, -0.1) is 11.3 Å². The number of nitrogens with zero attached hydrogens (tertiary/aromatic N) is 2. The Morgan fingerprint density at radius 2 is 1.75 bits per heavy atom. The molecule has 2 aromatic carbocycles. The maximum atomic E-state index is 12.9. The monoisotopic (exact) mass is 524 g/mol. The Bertz CT molecular complexity index is 1380. The molecule has 0 fully saturated rings. The van der Waals surface area contributed by atoms with Crippen molar-refractivity contribution in [2.75, 3.05) is 13.7 Å². The number of hydrogen-bond acceptors (Lipinski definition) is 6. The summed E-state index contributed by atoms with van der Waals surface area (Å²) in [5, 5.41) is 2.92. The Balaban J connectivity index is 1.49. The minimum absolute atomic E-state index is 0.238. The van der Waals surface area contributed by atoms with Crippen LogP contribution in [0.2, 0.25) is 0 Å². The van der Waals surface area contributed by atoms with Crippen molar-refractivity contribution in [3.8, 4) is 28.5 Å². The minimum Gasteiger partial charge on any atom is -0.497 e. The number of unbranched alkanes of at least 4 members (excludes halogenated alkanes) is 2. The number of aromatic amines is 1. The molecule has 0 atom stereocenters. The largest absolute Gasteiger partial charge is 0.497 e. The highest BCUT2D eigenvalue weighted by atomic mass is 32.2. The molecule has 36 heavy (non-hydrogen) atoms. The van der Waals surface area contributed by atoms with E-state index in [1.165, 1.54) is 6.42 Å². The Morgan fingerprint density at radius 3 is 2.39 bits per heavy atom. The number of sulfonamides is 1. The van der Waals surface area contributed by atoms with Gasteiger partial charge >= 0.3 is 0 Å². The first-order chi connectivity index (χ1) is 17.4. The lowest BCUT2D eigenvalue weighted by Gasteiger charge is -2.08. The molecule has 0 aliphatic heterocycles. The molecule has 190 valence electrons. The summed E-state index contributed by atoms with van der Waals surface area (Å²) in [7, 11) is -1.98. The number of aryl methyl sites for hydroxylation is 2. The Morgan fingerprint density at radius 1 is 1.00 bits per heavy atom. The predicted molar refractivity (Wildman–Crippen MR) is 145 cm³/mol. The number of hydrogen-bond donors (Lipinski definition) is 2. The highest BCUT2D eigenvalue weighted by Gasteiger charge is 2.18. The Hall–Kier alpha value is -3.01. The SMILES string of the molecule is CCCCCc1ccc(S(=O)(=O)NCCc2[nH]c(-c3csc(C)n3)nc2-c2ccc(OC)cc2)cc1. The van der Waals surface area contributed by atoms with Crippen LogP contribution < -0.4 is 9.46 Å². The fourth-order valence-corrected chi connectivity index (χ4v) is 5.61. The fraction of sp³-hybridized carbons (Fsp3) is 0.333. The maximum Gasteiger partial charge on any atom is 0.240 e. The van der Waals surface area contributed by atoms with Crippen molar-refractivity contribution in [3.05, 3.63) is 70.2 Å². The summed E-state index contributed by atoms with van der Waals surface area (Å²) in [6.07, 6.45) is 4.88. The second-order valence-electron chi connectivity index (χ2n) is 8.64. The molecule has 0 unspecified atom stereocenters. The first-order valence-corrected chi connectivity index (χ1v) is 14.5. The normalized spacial score (nSPS) is 11.6. The number of imidazole rings is 1. The molecule has 4 aromatic rings. The van der Waals surface area contributed by atoms with E-state index >= 15 is 0 Å². The van der Waals surface area contributed by atoms with Gasteiger partial charge in [-0.1, -0.05) is 31.9 Å². The number of rotatable bonds is 12. The zero-order valence-corrected chi connectivity index (χ0v) is 22.5.